The maximum Gasteiger partial charge on any atom is 0.253 e. The Labute approximate surface area is 51.1 Å². The third-order valence-electron chi connectivity index (χ3n) is 1.47. The Morgan fingerprint density at radius 3 is 1.89 bits per heavy atom. The lowest BCUT2D eigenvalue weighted by molar-refractivity contribution is -0.218. The average molecular weight is 138 g/mol. The SMILES string of the molecule is OCC1(O)CC(F)(F)C1. The Morgan fingerprint density at radius 1 is 1.33 bits per heavy atom. The first-order chi connectivity index (χ1) is 3.97. The molecule has 1 aliphatic carbocycles. The molecule has 9 heavy (non-hydrogen) atoms. The highest BCUT2D eigenvalue weighted by atomic mass is 19.3. The molecule has 0 aromatic carbocycles. The lowest BCUT2D eigenvalue weighted by Gasteiger charge is -2.41. The minimum atomic E-state index is -2.75. The van der Waals surface area contributed by atoms with Crippen molar-refractivity contribution in [1.29, 1.82) is 0 Å². The zero-order valence-corrected chi connectivity index (χ0v) is 4.77. The van der Waals surface area contributed by atoms with Crippen molar-refractivity contribution in [3.8, 4) is 0 Å². The van der Waals surface area contributed by atoms with Crippen LogP contribution in [0, 0.1) is 0 Å². The Bertz CT molecular complexity index is 116. The van der Waals surface area contributed by atoms with E-state index < -0.39 is 31.0 Å². The van der Waals surface area contributed by atoms with E-state index in [2.05, 4.69) is 0 Å². The molecule has 0 aliphatic heterocycles. The summed E-state index contributed by atoms with van der Waals surface area (Å²) in [6.07, 6.45) is -1.20. The van der Waals surface area contributed by atoms with Gasteiger partial charge in [0.2, 0.25) is 0 Å². The predicted octanol–water partition coefficient (Wildman–Crippen LogP) is 0.139. The van der Waals surface area contributed by atoms with Crippen LogP contribution in [0.3, 0.4) is 0 Å². The van der Waals surface area contributed by atoms with Crippen LogP contribution >= 0.6 is 0 Å². The highest BCUT2D eigenvalue weighted by Crippen LogP contribution is 2.44. The highest BCUT2D eigenvalue weighted by Gasteiger charge is 2.55. The highest BCUT2D eigenvalue weighted by molar-refractivity contribution is 4.99. The van der Waals surface area contributed by atoms with Crippen LogP contribution in [-0.2, 0) is 0 Å². The quantitative estimate of drug-likeness (QED) is 0.541. The van der Waals surface area contributed by atoms with Gasteiger partial charge in [-0.15, -0.1) is 0 Å². The first-order valence-electron chi connectivity index (χ1n) is 2.69. The summed E-state index contributed by atoms with van der Waals surface area (Å²) in [5, 5.41) is 17.1. The molecule has 0 amide bonds. The smallest absolute Gasteiger partial charge is 0.253 e. The summed E-state index contributed by atoms with van der Waals surface area (Å²) in [4.78, 5) is 0. The zero-order valence-electron chi connectivity index (χ0n) is 4.77. The second-order valence-electron chi connectivity index (χ2n) is 2.59. The number of rotatable bonds is 1. The molecule has 1 aliphatic rings. The number of hydrogen-bond donors (Lipinski definition) is 2. The maximum atomic E-state index is 11.9. The van der Waals surface area contributed by atoms with Gasteiger partial charge in [0.15, 0.2) is 0 Å². The van der Waals surface area contributed by atoms with Crippen molar-refractivity contribution in [3.05, 3.63) is 0 Å². The fraction of sp³-hybridized carbons (Fsp3) is 1.00. The Hall–Kier alpha value is -0.220. The molecule has 54 valence electrons. The van der Waals surface area contributed by atoms with Crippen LogP contribution in [0.1, 0.15) is 12.8 Å². The van der Waals surface area contributed by atoms with Gasteiger partial charge in [-0.25, -0.2) is 8.78 Å². The third kappa shape index (κ3) is 1.19. The molecule has 0 bridgehead atoms. The molecule has 1 rings (SSSR count). The summed E-state index contributed by atoms with van der Waals surface area (Å²) < 4.78 is 23.9. The van der Waals surface area contributed by atoms with Crippen molar-refractivity contribution in [1.82, 2.24) is 0 Å². The molecular formula is C5H8F2O2. The van der Waals surface area contributed by atoms with E-state index in [0.717, 1.165) is 0 Å². The van der Waals surface area contributed by atoms with Crippen LogP contribution in [0.2, 0.25) is 0 Å². The van der Waals surface area contributed by atoms with Gasteiger partial charge in [-0.2, -0.15) is 0 Å². The monoisotopic (exact) mass is 138 g/mol. The standard InChI is InChI=1S/C5H8F2O2/c6-5(7)1-4(9,2-5)3-8/h8-9H,1-3H2. The van der Waals surface area contributed by atoms with Gasteiger partial charge in [0.1, 0.15) is 0 Å². The van der Waals surface area contributed by atoms with Crippen LogP contribution in [-0.4, -0.2) is 28.3 Å². The van der Waals surface area contributed by atoms with Gasteiger partial charge in [-0.05, 0) is 0 Å². The molecule has 1 fully saturated rings. The minimum absolute atomic E-state index is 0.567. The van der Waals surface area contributed by atoms with Gasteiger partial charge in [-0.3, -0.25) is 0 Å². The van der Waals surface area contributed by atoms with Crippen molar-refractivity contribution in [2.45, 2.75) is 24.4 Å². The number of hydrogen-bond acceptors (Lipinski definition) is 2. The lowest BCUT2D eigenvalue weighted by Crippen LogP contribution is -2.54. The molecule has 0 spiro atoms. The van der Waals surface area contributed by atoms with Gasteiger partial charge >= 0.3 is 0 Å². The molecule has 0 aromatic heterocycles. The number of aliphatic hydroxyl groups is 2. The van der Waals surface area contributed by atoms with E-state index in [1.165, 1.54) is 0 Å². The first kappa shape index (κ1) is 6.89. The van der Waals surface area contributed by atoms with Gasteiger partial charge in [0, 0.05) is 12.8 Å². The van der Waals surface area contributed by atoms with Crippen molar-refractivity contribution < 1.29 is 19.0 Å². The molecule has 4 heteroatoms. The zero-order chi connectivity index (χ0) is 7.12. The number of alkyl halides is 2. The van der Waals surface area contributed by atoms with Gasteiger partial charge in [-0.1, -0.05) is 0 Å². The molecule has 1 saturated carbocycles. The van der Waals surface area contributed by atoms with E-state index in [9.17, 15) is 8.78 Å². The Kier molecular flexibility index (Phi) is 1.25. The Balaban J connectivity index is 2.41. The first-order valence-corrected chi connectivity index (χ1v) is 2.69. The van der Waals surface area contributed by atoms with Gasteiger partial charge in [0.25, 0.3) is 5.92 Å². The molecule has 0 aromatic rings. The van der Waals surface area contributed by atoms with E-state index in [1.807, 2.05) is 0 Å². The van der Waals surface area contributed by atoms with Crippen molar-refractivity contribution >= 4 is 0 Å². The van der Waals surface area contributed by atoms with Crippen LogP contribution in [0.25, 0.3) is 0 Å². The van der Waals surface area contributed by atoms with E-state index in [0.29, 0.717) is 0 Å². The number of halogens is 2. The van der Waals surface area contributed by atoms with Crippen molar-refractivity contribution in [2.75, 3.05) is 6.61 Å². The summed E-state index contributed by atoms with van der Waals surface area (Å²) >= 11 is 0. The molecule has 0 heterocycles. The fourth-order valence-corrected chi connectivity index (χ4v) is 1.02. The van der Waals surface area contributed by atoms with Crippen molar-refractivity contribution in [3.63, 3.8) is 0 Å². The molecular weight excluding hydrogens is 130 g/mol. The largest absolute Gasteiger partial charge is 0.393 e. The van der Waals surface area contributed by atoms with Crippen LogP contribution in [0.5, 0.6) is 0 Å². The Morgan fingerprint density at radius 2 is 1.78 bits per heavy atom. The molecule has 0 atom stereocenters. The third-order valence-corrected chi connectivity index (χ3v) is 1.47. The molecule has 0 radical (unpaired) electrons. The fourth-order valence-electron chi connectivity index (χ4n) is 1.02. The molecule has 0 unspecified atom stereocenters. The summed E-state index contributed by atoms with van der Waals surface area (Å²) in [5.74, 6) is -2.75. The van der Waals surface area contributed by atoms with Crippen LogP contribution in [0.15, 0.2) is 0 Å². The summed E-state index contributed by atoms with van der Waals surface area (Å²) in [7, 11) is 0. The van der Waals surface area contributed by atoms with Gasteiger partial charge < -0.3 is 10.2 Å². The summed E-state index contributed by atoms with van der Waals surface area (Å²) in [6, 6.07) is 0. The maximum absolute atomic E-state index is 11.9. The molecule has 2 N–H and O–H groups in total. The van der Waals surface area contributed by atoms with E-state index in [4.69, 9.17) is 10.2 Å². The van der Waals surface area contributed by atoms with Gasteiger partial charge in [0.05, 0.1) is 12.2 Å². The topological polar surface area (TPSA) is 40.5 Å². The normalized spacial score (nSPS) is 29.3. The summed E-state index contributed by atoms with van der Waals surface area (Å²) in [6.45, 7) is -0.567. The second-order valence-corrected chi connectivity index (χ2v) is 2.59. The predicted molar refractivity (Wildman–Crippen MR) is 26.2 cm³/mol. The van der Waals surface area contributed by atoms with Crippen LogP contribution in [0.4, 0.5) is 8.78 Å². The van der Waals surface area contributed by atoms with E-state index >= 15 is 0 Å². The number of aliphatic hydroxyl groups excluding tert-OH is 1. The lowest BCUT2D eigenvalue weighted by atomic mass is 9.77. The van der Waals surface area contributed by atoms with Crippen molar-refractivity contribution in [2.24, 2.45) is 0 Å². The van der Waals surface area contributed by atoms with E-state index in [1.54, 1.807) is 0 Å². The van der Waals surface area contributed by atoms with E-state index in [-0.39, 0.29) is 0 Å². The molecule has 0 saturated heterocycles. The van der Waals surface area contributed by atoms with Crippen LogP contribution < -0.4 is 0 Å². The summed E-state index contributed by atoms with van der Waals surface area (Å²) in [5.41, 5.74) is -1.50. The second kappa shape index (κ2) is 1.64. The minimum Gasteiger partial charge on any atom is -0.393 e. The molecule has 2 nitrogen and oxygen atoms in total. The average Bonchev–Trinajstić information content (AvgIpc) is 1.61.